The van der Waals surface area contributed by atoms with E-state index in [4.69, 9.17) is 5.11 Å². The quantitative estimate of drug-likeness (QED) is 0.879. The summed E-state index contributed by atoms with van der Waals surface area (Å²) in [5.74, 6) is -3.99. The second kappa shape index (κ2) is 5.70. The SMILES string of the molecule is O=C(O)Cc1ccc(C(F)(F)F)nc1-c1cccc(F)c1F. The van der Waals surface area contributed by atoms with E-state index in [1.54, 1.807) is 0 Å². The number of aromatic nitrogens is 1. The molecular formula is C14H8F5NO2. The van der Waals surface area contributed by atoms with Gasteiger partial charge in [-0.2, -0.15) is 13.2 Å². The van der Waals surface area contributed by atoms with Crippen molar-refractivity contribution >= 4 is 5.97 Å². The molecule has 0 unspecified atom stereocenters. The number of hydrogen-bond acceptors (Lipinski definition) is 2. The monoisotopic (exact) mass is 317 g/mol. The average molecular weight is 317 g/mol. The lowest BCUT2D eigenvalue weighted by atomic mass is 10.0. The van der Waals surface area contributed by atoms with Crippen LogP contribution in [0.25, 0.3) is 11.3 Å². The van der Waals surface area contributed by atoms with E-state index in [1.165, 1.54) is 0 Å². The number of alkyl halides is 3. The van der Waals surface area contributed by atoms with Crippen LogP contribution in [0.5, 0.6) is 0 Å². The topological polar surface area (TPSA) is 50.2 Å². The molecule has 3 nitrogen and oxygen atoms in total. The summed E-state index contributed by atoms with van der Waals surface area (Å²) in [4.78, 5) is 14.0. The van der Waals surface area contributed by atoms with Gasteiger partial charge < -0.3 is 5.11 Å². The summed E-state index contributed by atoms with van der Waals surface area (Å²) in [6.45, 7) is 0. The van der Waals surface area contributed by atoms with Crippen molar-refractivity contribution in [2.24, 2.45) is 0 Å². The highest BCUT2D eigenvalue weighted by Crippen LogP contribution is 2.32. The minimum atomic E-state index is -4.79. The second-order valence-corrected chi connectivity index (χ2v) is 4.37. The average Bonchev–Trinajstić information content (AvgIpc) is 2.41. The van der Waals surface area contributed by atoms with E-state index >= 15 is 0 Å². The summed E-state index contributed by atoms with van der Waals surface area (Å²) >= 11 is 0. The molecule has 1 heterocycles. The number of rotatable bonds is 3. The van der Waals surface area contributed by atoms with Crippen molar-refractivity contribution in [3.63, 3.8) is 0 Å². The number of carboxylic acid groups (broad SMARTS) is 1. The molecule has 0 bridgehead atoms. The van der Waals surface area contributed by atoms with Crippen LogP contribution in [0.2, 0.25) is 0 Å². The van der Waals surface area contributed by atoms with Gasteiger partial charge in [0.2, 0.25) is 0 Å². The van der Waals surface area contributed by atoms with Crippen molar-refractivity contribution in [2.75, 3.05) is 0 Å². The number of nitrogens with zero attached hydrogens (tertiary/aromatic N) is 1. The Bertz CT molecular complexity index is 728. The molecule has 1 aromatic carbocycles. The minimum absolute atomic E-state index is 0.148. The highest BCUT2D eigenvalue weighted by atomic mass is 19.4. The standard InChI is InChI=1S/C14H8F5NO2/c15-9-3-1-2-8(12(9)16)13-7(6-11(21)22)4-5-10(20-13)14(17,18)19/h1-5H,6H2,(H,21,22). The van der Waals surface area contributed by atoms with Crippen molar-refractivity contribution in [2.45, 2.75) is 12.6 Å². The number of halogens is 5. The predicted octanol–water partition coefficient (Wildman–Crippen LogP) is 3.67. The van der Waals surface area contributed by atoms with Gasteiger partial charge in [-0.25, -0.2) is 13.8 Å². The number of carbonyl (C=O) groups is 1. The maximum absolute atomic E-state index is 13.8. The van der Waals surface area contributed by atoms with Crippen LogP contribution in [0.4, 0.5) is 22.0 Å². The molecule has 0 atom stereocenters. The lowest BCUT2D eigenvalue weighted by Crippen LogP contribution is -2.11. The van der Waals surface area contributed by atoms with E-state index in [2.05, 4.69) is 4.98 Å². The van der Waals surface area contributed by atoms with Crippen LogP contribution in [-0.2, 0) is 17.4 Å². The molecule has 0 radical (unpaired) electrons. The normalized spacial score (nSPS) is 11.5. The molecule has 22 heavy (non-hydrogen) atoms. The van der Waals surface area contributed by atoms with Gasteiger partial charge in [0.05, 0.1) is 12.1 Å². The lowest BCUT2D eigenvalue weighted by molar-refractivity contribution is -0.141. The van der Waals surface area contributed by atoms with Crippen molar-refractivity contribution in [3.05, 3.63) is 53.2 Å². The van der Waals surface area contributed by atoms with Crippen LogP contribution in [-0.4, -0.2) is 16.1 Å². The Balaban J connectivity index is 2.69. The molecular weight excluding hydrogens is 309 g/mol. The van der Waals surface area contributed by atoms with Crippen molar-refractivity contribution in [1.82, 2.24) is 4.98 Å². The van der Waals surface area contributed by atoms with Gasteiger partial charge in [-0.3, -0.25) is 4.79 Å². The fourth-order valence-corrected chi connectivity index (χ4v) is 1.87. The number of aliphatic carboxylic acids is 1. The van der Waals surface area contributed by atoms with Gasteiger partial charge in [0, 0.05) is 5.56 Å². The summed E-state index contributed by atoms with van der Waals surface area (Å²) in [5, 5.41) is 8.77. The Morgan fingerprint density at radius 1 is 1.14 bits per heavy atom. The van der Waals surface area contributed by atoms with E-state index in [9.17, 15) is 26.7 Å². The van der Waals surface area contributed by atoms with E-state index in [-0.39, 0.29) is 5.56 Å². The molecule has 0 aliphatic heterocycles. The zero-order valence-corrected chi connectivity index (χ0v) is 10.8. The van der Waals surface area contributed by atoms with Gasteiger partial charge in [0.25, 0.3) is 0 Å². The fourth-order valence-electron chi connectivity index (χ4n) is 1.87. The highest BCUT2D eigenvalue weighted by molar-refractivity contribution is 5.75. The molecule has 0 saturated carbocycles. The summed E-state index contributed by atoms with van der Waals surface area (Å²) in [5.41, 5.74) is -2.54. The van der Waals surface area contributed by atoms with E-state index in [1.807, 2.05) is 0 Å². The zero-order valence-electron chi connectivity index (χ0n) is 10.8. The Labute approximate surface area is 121 Å². The zero-order chi connectivity index (χ0) is 16.5. The van der Waals surface area contributed by atoms with Crippen LogP contribution in [0, 0.1) is 11.6 Å². The first-order chi connectivity index (χ1) is 10.2. The molecule has 116 valence electrons. The van der Waals surface area contributed by atoms with Gasteiger partial charge in [0.15, 0.2) is 11.6 Å². The highest BCUT2D eigenvalue weighted by Gasteiger charge is 2.33. The first-order valence-corrected chi connectivity index (χ1v) is 5.93. The van der Waals surface area contributed by atoms with Crippen LogP contribution in [0.1, 0.15) is 11.3 Å². The van der Waals surface area contributed by atoms with Gasteiger partial charge >= 0.3 is 12.1 Å². The van der Waals surface area contributed by atoms with E-state index in [0.29, 0.717) is 6.07 Å². The molecule has 0 aliphatic carbocycles. The van der Waals surface area contributed by atoms with Crippen LogP contribution >= 0.6 is 0 Å². The maximum atomic E-state index is 13.8. The first-order valence-electron chi connectivity index (χ1n) is 5.93. The van der Waals surface area contributed by atoms with Crippen molar-refractivity contribution in [3.8, 4) is 11.3 Å². The smallest absolute Gasteiger partial charge is 0.433 e. The minimum Gasteiger partial charge on any atom is -0.481 e. The van der Waals surface area contributed by atoms with Crippen LogP contribution in [0.15, 0.2) is 30.3 Å². The number of carboxylic acids is 1. The first kappa shape index (κ1) is 15.9. The van der Waals surface area contributed by atoms with Crippen molar-refractivity contribution < 1.29 is 31.9 Å². The molecule has 1 aromatic heterocycles. The summed E-state index contributed by atoms with van der Waals surface area (Å²) < 4.78 is 65.2. The summed E-state index contributed by atoms with van der Waals surface area (Å²) in [6.07, 6.45) is -5.46. The Morgan fingerprint density at radius 3 is 2.41 bits per heavy atom. The Hall–Kier alpha value is -2.51. The number of pyridine rings is 1. The van der Waals surface area contributed by atoms with Crippen LogP contribution < -0.4 is 0 Å². The Kier molecular flexibility index (Phi) is 4.11. The second-order valence-electron chi connectivity index (χ2n) is 4.37. The molecule has 0 aliphatic rings. The van der Waals surface area contributed by atoms with Gasteiger partial charge in [-0.05, 0) is 23.8 Å². The fraction of sp³-hybridized carbons (Fsp3) is 0.143. The molecule has 0 fully saturated rings. The Morgan fingerprint density at radius 2 is 1.82 bits per heavy atom. The third kappa shape index (κ3) is 3.21. The molecule has 1 N–H and O–H groups in total. The molecule has 0 saturated heterocycles. The molecule has 0 amide bonds. The van der Waals surface area contributed by atoms with E-state index in [0.717, 1.165) is 24.3 Å². The number of benzene rings is 1. The van der Waals surface area contributed by atoms with Gasteiger partial charge in [0.1, 0.15) is 5.69 Å². The molecule has 2 aromatic rings. The largest absolute Gasteiger partial charge is 0.481 e. The molecule has 8 heteroatoms. The number of hydrogen-bond donors (Lipinski definition) is 1. The lowest BCUT2D eigenvalue weighted by Gasteiger charge is -2.12. The molecule has 0 spiro atoms. The van der Waals surface area contributed by atoms with Gasteiger partial charge in [-0.1, -0.05) is 12.1 Å². The third-order valence-corrected chi connectivity index (χ3v) is 2.82. The summed E-state index contributed by atoms with van der Waals surface area (Å²) in [6, 6.07) is 4.42. The summed E-state index contributed by atoms with van der Waals surface area (Å²) in [7, 11) is 0. The predicted molar refractivity (Wildman–Crippen MR) is 65.9 cm³/mol. The third-order valence-electron chi connectivity index (χ3n) is 2.82. The maximum Gasteiger partial charge on any atom is 0.433 e. The van der Waals surface area contributed by atoms with Crippen molar-refractivity contribution in [1.29, 1.82) is 0 Å². The van der Waals surface area contributed by atoms with Crippen LogP contribution in [0.3, 0.4) is 0 Å². The van der Waals surface area contributed by atoms with E-state index < -0.39 is 47.2 Å². The molecule has 2 rings (SSSR count). The van der Waals surface area contributed by atoms with Gasteiger partial charge in [-0.15, -0.1) is 0 Å².